The number of rotatable bonds is 6. The normalized spacial score (nSPS) is 11.9. The third kappa shape index (κ3) is 4.26. The molecular formula is C18H16FN3O4S. The maximum Gasteiger partial charge on any atom is 0.279 e. The van der Waals surface area contributed by atoms with Gasteiger partial charge < -0.3 is 9.30 Å². The Balaban J connectivity index is 2.05. The Morgan fingerprint density at radius 3 is 2.89 bits per heavy atom. The van der Waals surface area contributed by atoms with Gasteiger partial charge in [-0.15, -0.1) is 0 Å². The molecule has 0 saturated heterocycles. The molecular weight excluding hydrogens is 373 g/mol. The number of carbonyl (C=O) groups is 1. The van der Waals surface area contributed by atoms with Gasteiger partial charge in [-0.1, -0.05) is 17.4 Å². The third-order valence-electron chi connectivity index (χ3n) is 3.81. The van der Waals surface area contributed by atoms with Crippen LogP contribution in [0.1, 0.15) is 17.3 Å². The first-order chi connectivity index (χ1) is 13.0. The van der Waals surface area contributed by atoms with Crippen molar-refractivity contribution in [3.8, 4) is 0 Å². The Bertz CT molecular complexity index is 1070. The second-order valence-electron chi connectivity index (χ2n) is 5.57. The molecule has 7 nitrogen and oxygen atoms in total. The molecule has 9 heteroatoms. The van der Waals surface area contributed by atoms with Crippen LogP contribution in [0.15, 0.2) is 47.5 Å². The van der Waals surface area contributed by atoms with Crippen LogP contribution in [0.3, 0.4) is 0 Å². The van der Waals surface area contributed by atoms with Crippen LogP contribution in [0.2, 0.25) is 0 Å². The first kappa shape index (κ1) is 18.9. The molecule has 0 aliphatic rings. The lowest BCUT2D eigenvalue weighted by molar-refractivity contribution is -0.384. The molecule has 1 aromatic heterocycles. The summed E-state index contributed by atoms with van der Waals surface area (Å²) in [5.74, 6) is -0.979. The number of hydrogen-bond donors (Lipinski definition) is 0. The number of carbonyl (C=O) groups excluding carboxylic acids is 1. The first-order valence-electron chi connectivity index (χ1n) is 8.19. The highest BCUT2D eigenvalue weighted by Crippen LogP contribution is 2.19. The summed E-state index contributed by atoms with van der Waals surface area (Å²) < 4.78 is 21.3. The van der Waals surface area contributed by atoms with Crippen molar-refractivity contribution in [2.75, 3.05) is 13.2 Å². The number of aromatic nitrogens is 1. The molecule has 0 radical (unpaired) electrons. The van der Waals surface area contributed by atoms with E-state index in [0.717, 1.165) is 5.52 Å². The summed E-state index contributed by atoms with van der Waals surface area (Å²) in [5.41, 5.74) is 0.676. The van der Waals surface area contributed by atoms with Crippen LogP contribution in [0.25, 0.3) is 10.2 Å². The van der Waals surface area contributed by atoms with Gasteiger partial charge in [0.25, 0.3) is 11.6 Å². The Labute approximate surface area is 157 Å². The molecule has 2 aromatic carbocycles. The fourth-order valence-corrected chi connectivity index (χ4v) is 3.63. The molecule has 0 fully saturated rings. The maximum atomic E-state index is 13.5. The average molecular weight is 389 g/mol. The van der Waals surface area contributed by atoms with Crippen LogP contribution in [0.5, 0.6) is 0 Å². The summed E-state index contributed by atoms with van der Waals surface area (Å²) in [6, 6.07) is 9.75. The number of fused-ring (bicyclic) bond motifs is 1. The van der Waals surface area contributed by atoms with E-state index in [1.54, 1.807) is 10.6 Å². The van der Waals surface area contributed by atoms with Gasteiger partial charge in [-0.25, -0.2) is 4.39 Å². The standard InChI is InChI=1S/C18H16FN3O4S/c1-2-26-9-8-21-15-7-6-13(19)11-16(15)27-18(21)20-17(23)12-4-3-5-14(10-12)22(24)25/h3-7,10-11H,2,8-9H2,1H3. The van der Waals surface area contributed by atoms with E-state index in [1.807, 2.05) is 6.92 Å². The summed E-state index contributed by atoms with van der Waals surface area (Å²) >= 11 is 1.18. The Morgan fingerprint density at radius 1 is 1.33 bits per heavy atom. The van der Waals surface area contributed by atoms with E-state index >= 15 is 0 Å². The number of ether oxygens (including phenoxy) is 1. The molecule has 140 valence electrons. The second kappa shape index (κ2) is 8.19. The fraction of sp³-hybridized carbons (Fsp3) is 0.222. The van der Waals surface area contributed by atoms with E-state index in [4.69, 9.17) is 4.74 Å². The number of thiazole rings is 1. The smallest absolute Gasteiger partial charge is 0.279 e. The molecule has 0 atom stereocenters. The van der Waals surface area contributed by atoms with Gasteiger partial charge in [0.2, 0.25) is 0 Å². The summed E-state index contributed by atoms with van der Waals surface area (Å²) in [7, 11) is 0. The van der Waals surface area contributed by atoms with Crippen LogP contribution in [-0.2, 0) is 11.3 Å². The average Bonchev–Trinajstić information content (AvgIpc) is 2.98. The van der Waals surface area contributed by atoms with Crippen LogP contribution in [0, 0.1) is 15.9 Å². The lowest BCUT2D eigenvalue weighted by atomic mass is 10.2. The largest absolute Gasteiger partial charge is 0.380 e. The van der Waals surface area contributed by atoms with Gasteiger partial charge in [0.15, 0.2) is 4.80 Å². The Hall–Kier alpha value is -2.91. The third-order valence-corrected chi connectivity index (χ3v) is 4.85. The van der Waals surface area contributed by atoms with E-state index in [-0.39, 0.29) is 17.1 Å². The van der Waals surface area contributed by atoms with Gasteiger partial charge in [-0.05, 0) is 31.2 Å². The van der Waals surface area contributed by atoms with Gasteiger partial charge in [0.1, 0.15) is 5.82 Å². The number of nitro groups is 1. The van der Waals surface area contributed by atoms with E-state index < -0.39 is 10.8 Å². The molecule has 27 heavy (non-hydrogen) atoms. The first-order valence-corrected chi connectivity index (χ1v) is 9.01. The number of nitro benzene ring substituents is 1. The van der Waals surface area contributed by atoms with Crippen LogP contribution >= 0.6 is 11.3 Å². The highest BCUT2D eigenvalue weighted by molar-refractivity contribution is 7.16. The molecule has 3 rings (SSSR count). The van der Waals surface area contributed by atoms with Gasteiger partial charge in [0, 0.05) is 30.8 Å². The Kier molecular flexibility index (Phi) is 5.72. The monoisotopic (exact) mass is 389 g/mol. The molecule has 1 amide bonds. The number of non-ortho nitro benzene ring substituents is 1. The molecule has 0 saturated carbocycles. The SMILES string of the molecule is CCOCCn1c(=NC(=O)c2cccc([N+](=O)[O-])c2)sc2cc(F)ccc21. The number of amides is 1. The van der Waals surface area contributed by atoms with Crippen LogP contribution < -0.4 is 4.80 Å². The molecule has 0 bridgehead atoms. The van der Waals surface area contributed by atoms with Gasteiger partial charge in [-0.3, -0.25) is 14.9 Å². The van der Waals surface area contributed by atoms with Crippen LogP contribution in [0.4, 0.5) is 10.1 Å². The lowest BCUT2D eigenvalue weighted by Crippen LogP contribution is -2.19. The molecule has 1 heterocycles. The van der Waals surface area contributed by atoms with Crippen molar-refractivity contribution in [2.45, 2.75) is 13.5 Å². The number of benzene rings is 2. The minimum Gasteiger partial charge on any atom is -0.380 e. The van der Waals surface area contributed by atoms with E-state index in [2.05, 4.69) is 4.99 Å². The minimum absolute atomic E-state index is 0.115. The van der Waals surface area contributed by atoms with E-state index in [9.17, 15) is 19.3 Å². The van der Waals surface area contributed by atoms with Gasteiger partial charge in [0.05, 0.1) is 21.7 Å². The van der Waals surface area contributed by atoms with E-state index in [1.165, 1.54) is 47.7 Å². The predicted molar refractivity (Wildman–Crippen MR) is 99.3 cm³/mol. The molecule has 0 spiro atoms. The van der Waals surface area contributed by atoms with E-state index in [0.29, 0.717) is 29.3 Å². The molecule has 0 aliphatic carbocycles. The Morgan fingerprint density at radius 2 is 2.15 bits per heavy atom. The minimum atomic E-state index is -0.601. The molecule has 3 aromatic rings. The molecule has 0 unspecified atom stereocenters. The van der Waals surface area contributed by atoms with Crippen molar-refractivity contribution < 1.29 is 18.8 Å². The summed E-state index contributed by atoms with van der Waals surface area (Å²) in [6.07, 6.45) is 0. The summed E-state index contributed by atoms with van der Waals surface area (Å²) in [4.78, 5) is 27.3. The van der Waals surface area contributed by atoms with Gasteiger partial charge in [-0.2, -0.15) is 4.99 Å². The van der Waals surface area contributed by atoms with Crippen molar-refractivity contribution in [1.29, 1.82) is 0 Å². The predicted octanol–water partition coefficient (Wildman–Crippen LogP) is 3.53. The second-order valence-corrected chi connectivity index (χ2v) is 6.58. The van der Waals surface area contributed by atoms with Crippen molar-refractivity contribution in [2.24, 2.45) is 4.99 Å². The van der Waals surface area contributed by atoms with Crippen LogP contribution in [-0.4, -0.2) is 28.6 Å². The molecule has 0 aliphatic heterocycles. The van der Waals surface area contributed by atoms with Gasteiger partial charge >= 0.3 is 0 Å². The van der Waals surface area contributed by atoms with Crippen molar-refractivity contribution in [3.63, 3.8) is 0 Å². The number of nitrogens with zero attached hydrogens (tertiary/aromatic N) is 3. The zero-order valence-electron chi connectivity index (χ0n) is 14.4. The maximum absolute atomic E-state index is 13.5. The number of halogens is 1. The quantitative estimate of drug-likeness (QED) is 0.367. The topological polar surface area (TPSA) is 86.7 Å². The van der Waals surface area contributed by atoms with Crippen molar-refractivity contribution in [3.05, 3.63) is 68.8 Å². The lowest BCUT2D eigenvalue weighted by Gasteiger charge is -2.05. The van der Waals surface area contributed by atoms with Crippen molar-refractivity contribution in [1.82, 2.24) is 4.57 Å². The zero-order chi connectivity index (χ0) is 19.4. The fourth-order valence-electron chi connectivity index (χ4n) is 2.55. The molecule has 0 N–H and O–H groups in total. The summed E-state index contributed by atoms with van der Waals surface area (Å²) in [6.45, 7) is 3.29. The highest BCUT2D eigenvalue weighted by atomic mass is 32.1. The highest BCUT2D eigenvalue weighted by Gasteiger charge is 2.13. The zero-order valence-corrected chi connectivity index (χ0v) is 15.2. The summed E-state index contributed by atoms with van der Waals surface area (Å²) in [5, 5.41) is 10.9. The number of hydrogen-bond acceptors (Lipinski definition) is 5. The van der Waals surface area contributed by atoms with Crippen molar-refractivity contribution >= 4 is 33.1 Å².